The van der Waals surface area contributed by atoms with Gasteiger partial charge in [0, 0.05) is 0 Å². The first-order valence-electron chi connectivity index (χ1n) is 5.80. The standard InChI is InChI=1S/C14H15O4P.BrH/c1-11-3-7-13(8-4-11)17-19(15,16)18-14-9-5-12(2)6-10-14;/h3-10H,1-2H3,(H,15,16);1H. The summed E-state index contributed by atoms with van der Waals surface area (Å²) in [6.45, 7) is 3.84. The third-order valence-corrected chi connectivity index (χ3v) is 3.37. The molecule has 0 aliphatic heterocycles. The molecule has 2 aromatic rings. The van der Waals surface area contributed by atoms with Crippen molar-refractivity contribution >= 4 is 24.8 Å². The predicted molar refractivity (Wildman–Crippen MR) is 83.8 cm³/mol. The molecule has 6 heteroatoms. The fourth-order valence-electron chi connectivity index (χ4n) is 1.48. The van der Waals surface area contributed by atoms with E-state index in [4.69, 9.17) is 9.05 Å². The second-order valence-corrected chi connectivity index (χ2v) is 5.58. The number of rotatable bonds is 4. The van der Waals surface area contributed by atoms with Gasteiger partial charge >= 0.3 is 7.82 Å². The highest BCUT2D eigenvalue weighted by Gasteiger charge is 2.24. The van der Waals surface area contributed by atoms with Gasteiger partial charge in [-0.2, -0.15) is 0 Å². The highest BCUT2D eigenvalue weighted by molar-refractivity contribution is 8.93. The molecule has 1 N–H and O–H groups in total. The van der Waals surface area contributed by atoms with Crippen molar-refractivity contribution in [1.82, 2.24) is 0 Å². The predicted octanol–water partition coefficient (Wildman–Crippen LogP) is 4.44. The van der Waals surface area contributed by atoms with Crippen molar-refractivity contribution in [3.8, 4) is 11.5 Å². The van der Waals surface area contributed by atoms with Crippen molar-refractivity contribution in [1.29, 1.82) is 0 Å². The number of halogens is 1. The minimum absolute atomic E-state index is 0. The molecule has 20 heavy (non-hydrogen) atoms. The van der Waals surface area contributed by atoms with Gasteiger partial charge in [-0.15, -0.1) is 17.0 Å². The molecular weight excluding hydrogens is 343 g/mol. The Balaban J connectivity index is 0.00000200. The molecule has 0 unspecified atom stereocenters. The van der Waals surface area contributed by atoms with Gasteiger partial charge in [-0.25, -0.2) is 4.57 Å². The number of phosphoric acid groups is 1. The largest absolute Gasteiger partial charge is 0.584 e. The Bertz CT molecular complexity index is 544. The molecule has 2 aromatic carbocycles. The number of phosphoric ester groups is 1. The Morgan fingerprint density at radius 3 is 1.40 bits per heavy atom. The summed E-state index contributed by atoms with van der Waals surface area (Å²) in [5, 5.41) is 0. The molecule has 0 spiro atoms. The molecule has 0 amide bonds. The molecule has 0 saturated carbocycles. The number of hydrogen-bond acceptors (Lipinski definition) is 3. The Kier molecular flexibility index (Phi) is 5.81. The molecule has 2 rings (SSSR count). The van der Waals surface area contributed by atoms with Crippen LogP contribution in [0.2, 0.25) is 0 Å². The Morgan fingerprint density at radius 1 is 0.800 bits per heavy atom. The maximum absolute atomic E-state index is 11.8. The lowest BCUT2D eigenvalue weighted by molar-refractivity contribution is 0.291. The van der Waals surface area contributed by atoms with Crippen molar-refractivity contribution in [3.05, 3.63) is 59.7 Å². The lowest BCUT2D eigenvalue weighted by Crippen LogP contribution is -1.99. The van der Waals surface area contributed by atoms with Gasteiger partial charge in [-0.05, 0) is 38.1 Å². The maximum Gasteiger partial charge on any atom is 0.584 e. The molecular formula is C14H16BrO4P. The average Bonchev–Trinajstić information content (AvgIpc) is 2.34. The van der Waals surface area contributed by atoms with E-state index in [0.717, 1.165) is 11.1 Å². The Labute approximate surface area is 128 Å². The molecule has 0 heterocycles. The van der Waals surface area contributed by atoms with E-state index in [-0.39, 0.29) is 17.0 Å². The van der Waals surface area contributed by atoms with Gasteiger partial charge in [0.2, 0.25) is 0 Å². The van der Waals surface area contributed by atoms with E-state index in [2.05, 4.69) is 0 Å². The van der Waals surface area contributed by atoms with Crippen molar-refractivity contribution in [2.24, 2.45) is 0 Å². The van der Waals surface area contributed by atoms with Gasteiger partial charge in [0.1, 0.15) is 11.5 Å². The first-order chi connectivity index (χ1) is 8.94. The number of hydrogen-bond donors (Lipinski definition) is 1. The van der Waals surface area contributed by atoms with Crippen molar-refractivity contribution in [2.45, 2.75) is 13.8 Å². The summed E-state index contributed by atoms with van der Waals surface area (Å²) in [4.78, 5) is 9.67. The average molecular weight is 359 g/mol. The zero-order valence-corrected chi connectivity index (χ0v) is 13.8. The van der Waals surface area contributed by atoms with Gasteiger partial charge in [0.25, 0.3) is 0 Å². The third-order valence-electron chi connectivity index (χ3n) is 2.48. The van der Waals surface area contributed by atoms with Gasteiger partial charge < -0.3 is 9.05 Å². The van der Waals surface area contributed by atoms with Crippen LogP contribution in [0.4, 0.5) is 0 Å². The van der Waals surface area contributed by atoms with Crippen LogP contribution in [-0.4, -0.2) is 4.89 Å². The quantitative estimate of drug-likeness (QED) is 0.820. The second kappa shape index (κ2) is 6.93. The van der Waals surface area contributed by atoms with Crippen LogP contribution in [0.25, 0.3) is 0 Å². The number of benzene rings is 2. The summed E-state index contributed by atoms with van der Waals surface area (Å²) in [7, 11) is -4.17. The van der Waals surface area contributed by atoms with E-state index in [9.17, 15) is 9.46 Å². The molecule has 0 aromatic heterocycles. The topological polar surface area (TPSA) is 55.8 Å². The van der Waals surface area contributed by atoms with E-state index in [1.807, 2.05) is 13.8 Å². The molecule has 0 fully saturated rings. The first-order valence-corrected chi connectivity index (χ1v) is 7.29. The summed E-state index contributed by atoms with van der Waals surface area (Å²) in [5.41, 5.74) is 2.08. The van der Waals surface area contributed by atoms with Crippen molar-refractivity contribution < 1.29 is 18.5 Å². The zero-order chi connectivity index (χ0) is 13.9. The fourth-order valence-corrected chi connectivity index (χ4v) is 2.30. The lowest BCUT2D eigenvalue weighted by atomic mass is 10.2. The Hall–Kier alpha value is -1.29. The van der Waals surface area contributed by atoms with Gasteiger partial charge in [-0.1, -0.05) is 35.4 Å². The minimum atomic E-state index is -4.17. The molecule has 0 radical (unpaired) electrons. The molecule has 0 atom stereocenters. The monoisotopic (exact) mass is 358 g/mol. The smallest absolute Gasteiger partial charge is 0.395 e. The van der Waals surface area contributed by atoms with Crippen LogP contribution in [0.15, 0.2) is 48.5 Å². The normalized spacial score (nSPS) is 10.6. The van der Waals surface area contributed by atoms with Crippen LogP contribution < -0.4 is 9.05 Å². The highest BCUT2D eigenvalue weighted by atomic mass is 79.9. The van der Waals surface area contributed by atoms with Crippen molar-refractivity contribution in [2.75, 3.05) is 0 Å². The second-order valence-electron chi connectivity index (χ2n) is 4.28. The molecule has 0 aliphatic rings. The van der Waals surface area contributed by atoms with Crippen LogP contribution in [0.1, 0.15) is 11.1 Å². The van der Waals surface area contributed by atoms with E-state index in [0.29, 0.717) is 11.5 Å². The van der Waals surface area contributed by atoms with Crippen molar-refractivity contribution in [3.63, 3.8) is 0 Å². The van der Waals surface area contributed by atoms with E-state index < -0.39 is 7.82 Å². The molecule has 108 valence electrons. The molecule has 0 bridgehead atoms. The highest BCUT2D eigenvalue weighted by Crippen LogP contribution is 2.44. The van der Waals surface area contributed by atoms with Gasteiger partial charge in [0.05, 0.1) is 0 Å². The van der Waals surface area contributed by atoms with Crippen LogP contribution in [0, 0.1) is 13.8 Å². The lowest BCUT2D eigenvalue weighted by Gasteiger charge is -2.13. The fraction of sp³-hybridized carbons (Fsp3) is 0.143. The van der Waals surface area contributed by atoms with E-state index in [1.165, 1.54) is 0 Å². The first kappa shape index (κ1) is 16.8. The minimum Gasteiger partial charge on any atom is -0.395 e. The van der Waals surface area contributed by atoms with E-state index in [1.54, 1.807) is 48.5 Å². The summed E-state index contributed by atoms with van der Waals surface area (Å²) < 4.78 is 21.8. The summed E-state index contributed by atoms with van der Waals surface area (Å²) in [6, 6.07) is 13.7. The van der Waals surface area contributed by atoms with Gasteiger partial charge in [0.15, 0.2) is 0 Å². The van der Waals surface area contributed by atoms with Crippen LogP contribution in [0.5, 0.6) is 11.5 Å². The number of aryl methyl sites for hydroxylation is 2. The van der Waals surface area contributed by atoms with Crippen LogP contribution in [-0.2, 0) is 4.57 Å². The van der Waals surface area contributed by atoms with Crippen LogP contribution >= 0.6 is 24.8 Å². The summed E-state index contributed by atoms with van der Waals surface area (Å²) in [6.07, 6.45) is 0. The van der Waals surface area contributed by atoms with Gasteiger partial charge in [-0.3, -0.25) is 4.89 Å². The summed E-state index contributed by atoms with van der Waals surface area (Å²) >= 11 is 0. The molecule has 0 aliphatic carbocycles. The van der Waals surface area contributed by atoms with E-state index >= 15 is 0 Å². The SMILES string of the molecule is Br.Cc1ccc(OP(=O)(O)Oc2ccc(C)cc2)cc1. The third kappa shape index (κ3) is 5.00. The molecule has 0 saturated heterocycles. The summed E-state index contributed by atoms with van der Waals surface area (Å²) in [5.74, 6) is 0.590. The maximum atomic E-state index is 11.8. The Morgan fingerprint density at radius 2 is 1.10 bits per heavy atom. The van der Waals surface area contributed by atoms with Crippen LogP contribution in [0.3, 0.4) is 0 Å². The molecule has 4 nitrogen and oxygen atoms in total. The zero-order valence-electron chi connectivity index (χ0n) is 11.1.